The van der Waals surface area contributed by atoms with E-state index in [-0.39, 0.29) is 5.28 Å². The lowest BCUT2D eigenvalue weighted by Gasteiger charge is -2.11. The minimum atomic E-state index is 0.209. The summed E-state index contributed by atoms with van der Waals surface area (Å²) in [6.07, 6.45) is 9.31. The Kier molecular flexibility index (Phi) is 4.29. The molecule has 0 spiro atoms. The molecule has 3 heterocycles. The zero-order valence-electron chi connectivity index (χ0n) is 14.9. The number of hydrogen-bond donors (Lipinski definition) is 2. The number of aromatic amines is 1. The van der Waals surface area contributed by atoms with E-state index in [1.807, 2.05) is 30.5 Å². The second kappa shape index (κ2) is 7.09. The van der Waals surface area contributed by atoms with Gasteiger partial charge < -0.3 is 10.1 Å². The van der Waals surface area contributed by atoms with Crippen molar-refractivity contribution < 1.29 is 4.74 Å². The highest BCUT2D eigenvalue weighted by molar-refractivity contribution is 6.28. The number of benzene rings is 1. The number of halogens is 1. The normalized spacial score (nSPS) is 13.6. The van der Waals surface area contributed by atoms with E-state index in [4.69, 9.17) is 16.3 Å². The van der Waals surface area contributed by atoms with Gasteiger partial charge in [0.25, 0.3) is 0 Å². The lowest BCUT2D eigenvalue weighted by atomic mass is 10.1. The molecule has 0 radical (unpaired) electrons. The number of nitrogens with zero attached hydrogens (tertiary/aromatic N) is 4. The molecule has 0 bridgehead atoms. The Bertz CT molecular complexity index is 1120. The van der Waals surface area contributed by atoms with Crippen molar-refractivity contribution in [2.75, 3.05) is 5.32 Å². The fourth-order valence-corrected chi connectivity index (χ4v) is 3.28. The Balaban J connectivity index is 1.36. The zero-order chi connectivity index (χ0) is 18.9. The molecule has 1 aliphatic rings. The SMILES string of the molecule is Clc1ncc(Nc2nccc3cc(OCc4cn[nH]c4C4CC4)ccc23)cn1. The van der Waals surface area contributed by atoms with Gasteiger partial charge in [-0.3, -0.25) is 5.10 Å². The number of rotatable bonds is 6. The number of anilines is 2. The van der Waals surface area contributed by atoms with Crippen molar-refractivity contribution >= 4 is 33.9 Å². The molecule has 0 atom stereocenters. The van der Waals surface area contributed by atoms with E-state index in [1.165, 1.54) is 18.5 Å². The lowest BCUT2D eigenvalue weighted by molar-refractivity contribution is 0.305. The summed E-state index contributed by atoms with van der Waals surface area (Å²) in [6.45, 7) is 0.506. The van der Waals surface area contributed by atoms with Crippen LogP contribution in [0.4, 0.5) is 11.5 Å². The van der Waals surface area contributed by atoms with Crippen LogP contribution in [0.2, 0.25) is 5.28 Å². The average molecular weight is 393 g/mol. The summed E-state index contributed by atoms with van der Waals surface area (Å²) in [5, 5.41) is 12.7. The lowest BCUT2D eigenvalue weighted by Crippen LogP contribution is -1.99. The van der Waals surface area contributed by atoms with Gasteiger partial charge in [0.05, 0.1) is 24.3 Å². The van der Waals surface area contributed by atoms with E-state index in [9.17, 15) is 0 Å². The molecule has 1 aliphatic carbocycles. The molecule has 1 fully saturated rings. The van der Waals surface area contributed by atoms with E-state index in [0.29, 0.717) is 12.5 Å². The quantitative estimate of drug-likeness (QED) is 0.466. The highest BCUT2D eigenvalue weighted by atomic mass is 35.5. The van der Waals surface area contributed by atoms with Gasteiger partial charge >= 0.3 is 0 Å². The van der Waals surface area contributed by atoms with Crippen molar-refractivity contribution in [3.05, 3.63) is 65.6 Å². The predicted molar refractivity (Wildman–Crippen MR) is 107 cm³/mol. The van der Waals surface area contributed by atoms with E-state index in [0.717, 1.165) is 33.6 Å². The van der Waals surface area contributed by atoms with Crippen LogP contribution in [-0.2, 0) is 6.61 Å². The smallest absolute Gasteiger partial charge is 0.222 e. The van der Waals surface area contributed by atoms with Gasteiger partial charge in [0.2, 0.25) is 5.28 Å². The van der Waals surface area contributed by atoms with Crippen molar-refractivity contribution in [3.63, 3.8) is 0 Å². The average Bonchev–Trinajstić information content (AvgIpc) is 3.46. The Morgan fingerprint density at radius 2 is 1.96 bits per heavy atom. The van der Waals surface area contributed by atoms with E-state index >= 15 is 0 Å². The number of ether oxygens (including phenoxy) is 1. The maximum absolute atomic E-state index is 6.01. The number of H-pyrrole nitrogens is 1. The molecule has 0 amide bonds. The maximum Gasteiger partial charge on any atom is 0.222 e. The van der Waals surface area contributed by atoms with Crippen LogP contribution in [-0.4, -0.2) is 25.1 Å². The summed E-state index contributed by atoms with van der Waals surface area (Å²) < 4.78 is 6.01. The van der Waals surface area contributed by atoms with Crippen molar-refractivity contribution in [3.8, 4) is 5.75 Å². The summed E-state index contributed by atoms with van der Waals surface area (Å²) in [4.78, 5) is 12.4. The first kappa shape index (κ1) is 16.9. The minimum Gasteiger partial charge on any atom is -0.489 e. The fraction of sp³-hybridized carbons (Fsp3) is 0.200. The second-order valence-corrected chi connectivity index (χ2v) is 7.12. The molecule has 5 rings (SSSR count). The van der Waals surface area contributed by atoms with Crippen LogP contribution in [0.25, 0.3) is 10.8 Å². The van der Waals surface area contributed by atoms with Crippen molar-refractivity contribution in [1.82, 2.24) is 25.1 Å². The van der Waals surface area contributed by atoms with Gasteiger partial charge in [0, 0.05) is 28.8 Å². The standard InChI is InChI=1S/C20H17ClN6O/c21-20-23-9-15(10-24-20)26-19-17-4-3-16(7-13(17)5-6-22-19)28-11-14-8-25-27-18(14)12-1-2-12/h3-10,12H,1-2,11H2,(H,22,26)(H,25,27). The molecule has 0 saturated heterocycles. The van der Waals surface area contributed by atoms with Crippen molar-refractivity contribution in [2.24, 2.45) is 0 Å². The predicted octanol–water partition coefficient (Wildman–Crippen LogP) is 4.60. The summed E-state index contributed by atoms with van der Waals surface area (Å²) in [5.41, 5.74) is 3.06. The molecule has 1 aromatic carbocycles. The molecule has 8 heteroatoms. The highest BCUT2D eigenvalue weighted by Crippen LogP contribution is 2.40. The molecule has 7 nitrogen and oxygen atoms in total. The van der Waals surface area contributed by atoms with Gasteiger partial charge in [0.1, 0.15) is 18.2 Å². The Morgan fingerprint density at radius 1 is 1.11 bits per heavy atom. The third-order valence-electron chi connectivity index (χ3n) is 4.75. The van der Waals surface area contributed by atoms with Gasteiger partial charge in [-0.2, -0.15) is 5.10 Å². The van der Waals surface area contributed by atoms with Crippen LogP contribution in [0.1, 0.15) is 30.0 Å². The molecule has 3 aromatic heterocycles. The first-order chi connectivity index (χ1) is 13.8. The van der Waals surface area contributed by atoms with Gasteiger partial charge in [-0.1, -0.05) is 0 Å². The summed E-state index contributed by atoms with van der Waals surface area (Å²) in [7, 11) is 0. The molecule has 140 valence electrons. The number of aromatic nitrogens is 5. The van der Waals surface area contributed by atoms with Gasteiger partial charge in [-0.15, -0.1) is 0 Å². The Labute approximate surface area is 166 Å². The molecule has 28 heavy (non-hydrogen) atoms. The van der Waals surface area contributed by atoms with Crippen LogP contribution in [0.15, 0.2) is 49.1 Å². The van der Waals surface area contributed by atoms with Gasteiger partial charge in [-0.25, -0.2) is 15.0 Å². The number of nitrogens with one attached hydrogen (secondary N) is 2. The molecule has 1 saturated carbocycles. The molecular formula is C20H17ClN6O. The number of pyridine rings is 1. The second-order valence-electron chi connectivity index (χ2n) is 6.78. The molecule has 2 N–H and O–H groups in total. The third kappa shape index (κ3) is 3.48. The maximum atomic E-state index is 6.01. The first-order valence-corrected chi connectivity index (χ1v) is 9.42. The molecular weight excluding hydrogens is 376 g/mol. The highest BCUT2D eigenvalue weighted by Gasteiger charge is 2.27. The summed E-state index contributed by atoms with van der Waals surface area (Å²) in [6, 6.07) is 7.91. The monoisotopic (exact) mass is 392 g/mol. The molecule has 4 aromatic rings. The van der Waals surface area contributed by atoms with E-state index in [1.54, 1.807) is 18.6 Å². The summed E-state index contributed by atoms with van der Waals surface area (Å²) in [5.74, 6) is 2.15. The molecule has 0 unspecified atom stereocenters. The van der Waals surface area contributed by atoms with Crippen molar-refractivity contribution in [1.29, 1.82) is 0 Å². The van der Waals surface area contributed by atoms with Gasteiger partial charge in [0.15, 0.2) is 0 Å². The third-order valence-corrected chi connectivity index (χ3v) is 4.95. The van der Waals surface area contributed by atoms with E-state index in [2.05, 4.69) is 30.5 Å². The van der Waals surface area contributed by atoms with Crippen LogP contribution >= 0.6 is 11.6 Å². The molecule has 0 aliphatic heterocycles. The fourth-order valence-electron chi connectivity index (χ4n) is 3.18. The van der Waals surface area contributed by atoms with Gasteiger partial charge in [-0.05, 0) is 54.1 Å². The van der Waals surface area contributed by atoms with E-state index < -0.39 is 0 Å². The van der Waals surface area contributed by atoms with Crippen LogP contribution in [0, 0.1) is 0 Å². The zero-order valence-corrected chi connectivity index (χ0v) is 15.6. The van der Waals surface area contributed by atoms with Crippen LogP contribution < -0.4 is 10.1 Å². The van der Waals surface area contributed by atoms with Crippen LogP contribution in [0.3, 0.4) is 0 Å². The summed E-state index contributed by atoms with van der Waals surface area (Å²) >= 11 is 5.74. The first-order valence-electron chi connectivity index (χ1n) is 9.04. The number of fused-ring (bicyclic) bond motifs is 1. The van der Waals surface area contributed by atoms with Crippen LogP contribution in [0.5, 0.6) is 5.75 Å². The number of hydrogen-bond acceptors (Lipinski definition) is 6. The minimum absolute atomic E-state index is 0.209. The Morgan fingerprint density at radius 3 is 2.79 bits per heavy atom. The topological polar surface area (TPSA) is 88.6 Å². The Hall–Kier alpha value is -3.19. The van der Waals surface area contributed by atoms with Crippen molar-refractivity contribution in [2.45, 2.75) is 25.4 Å². The largest absolute Gasteiger partial charge is 0.489 e.